The Labute approximate surface area is 133 Å². The molecule has 0 bridgehead atoms. The predicted octanol–water partition coefficient (Wildman–Crippen LogP) is 2.09. The minimum atomic E-state index is -0.351. The molecule has 0 spiro atoms. The van der Waals surface area contributed by atoms with Crippen LogP contribution in [-0.2, 0) is 23.6 Å². The van der Waals surface area contributed by atoms with Gasteiger partial charge in [0, 0.05) is 5.75 Å². The minimum Gasteiger partial charge on any atom is -0.465 e. The number of ether oxygens (including phenoxy) is 1. The number of nitrogens with zero attached hydrogens (tertiary/aromatic N) is 2. The smallest absolute Gasteiger partial charge is 0.337 e. The van der Waals surface area contributed by atoms with Crippen molar-refractivity contribution in [2.24, 2.45) is 0 Å². The van der Waals surface area contributed by atoms with Crippen molar-refractivity contribution in [2.45, 2.75) is 24.1 Å². The molecule has 0 fully saturated rings. The molecule has 1 N–H and O–H groups in total. The van der Waals surface area contributed by atoms with Gasteiger partial charge < -0.3 is 14.4 Å². The highest BCUT2D eigenvalue weighted by atomic mass is 32.2. The predicted molar refractivity (Wildman–Crippen MR) is 84.3 cm³/mol. The molecule has 0 aliphatic heterocycles. The minimum absolute atomic E-state index is 0.0942. The quantitative estimate of drug-likeness (QED) is 0.502. The SMILES string of the molecule is C#CCn1c(CO)cnc1SCc1ccc(C(=O)OC)cc1. The summed E-state index contributed by atoms with van der Waals surface area (Å²) in [7, 11) is 1.36. The van der Waals surface area contributed by atoms with E-state index in [2.05, 4.69) is 15.6 Å². The van der Waals surface area contributed by atoms with Crippen molar-refractivity contribution in [1.29, 1.82) is 0 Å². The number of carbonyl (C=O) groups excluding carboxylic acids is 1. The molecular formula is C16H16N2O3S. The number of terminal acetylenes is 1. The summed E-state index contributed by atoms with van der Waals surface area (Å²) in [5.74, 6) is 2.89. The van der Waals surface area contributed by atoms with Gasteiger partial charge in [-0.15, -0.1) is 6.42 Å². The third kappa shape index (κ3) is 3.70. The number of aliphatic hydroxyl groups excluding tert-OH is 1. The fourth-order valence-corrected chi connectivity index (χ4v) is 2.85. The lowest BCUT2D eigenvalue weighted by Gasteiger charge is -2.07. The molecular weight excluding hydrogens is 300 g/mol. The van der Waals surface area contributed by atoms with Gasteiger partial charge in [-0.3, -0.25) is 0 Å². The maximum Gasteiger partial charge on any atom is 0.337 e. The highest BCUT2D eigenvalue weighted by Gasteiger charge is 2.10. The van der Waals surface area contributed by atoms with Crippen LogP contribution in [0.25, 0.3) is 0 Å². The molecule has 0 amide bonds. The van der Waals surface area contributed by atoms with E-state index < -0.39 is 0 Å². The molecule has 1 heterocycles. The van der Waals surface area contributed by atoms with E-state index in [0.717, 1.165) is 10.7 Å². The molecule has 0 unspecified atom stereocenters. The van der Waals surface area contributed by atoms with Crippen LogP contribution >= 0.6 is 11.8 Å². The maximum atomic E-state index is 11.4. The molecule has 2 aromatic rings. The number of carbonyl (C=O) groups is 1. The number of methoxy groups -OCH3 is 1. The van der Waals surface area contributed by atoms with Crippen molar-refractivity contribution < 1.29 is 14.6 Å². The highest BCUT2D eigenvalue weighted by Crippen LogP contribution is 2.23. The van der Waals surface area contributed by atoms with Gasteiger partial charge in [0.05, 0.1) is 37.7 Å². The van der Waals surface area contributed by atoms with Gasteiger partial charge in [0.1, 0.15) is 0 Å². The Morgan fingerprint density at radius 3 is 2.77 bits per heavy atom. The van der Waals surface area contributed by atoms with Gasteiger partial charge in [-0.05, 0) is 17.7 Å². The van der Waals surface area contributed by atoms with Gasteiger partial charge in [-0.2, -0.15) is 0 Å². The van der Waals surface area contributed by atoms with Crippen LogP contribution in [0.15, 0.2) is 35.6 Å². The summed E-state index contributed by atoms with van der Waals surface area (Å²) in [5, 5.41) is 10.0. The maximum absolute atomic E-state index is 11.4. The molecule has 1 aromatic carbocycles. The Kier molecular flexibility index (Phi) is 5.64. The van der Waals surface area contributed by atoms with Crippen LogP contribution in [0.4, 0.5) is 0 Å². The number of esters is 1. The molecule has 0 aliphatic rings. The molecule has 22 heavy (non-hydrogen) atoms. The van der Waals surface area contributed by atoms with E-state index >= 15 is 0 Å². The van der Waals surface area contributed by atoms with Crippen LogP contribution in [-0.4, -0.2) is 27.7 Å². The average Bonchev–Trinajstić information content (AvgIpc) is 2.95. The summed E-state index contributed by atoms with van der Waals surface area (Å²) in [6.07, 6.45) is 6.97. The van der Waals surface area contributed by atoms with Crippen LogP contribution in [0.5, 0.6) is 0 Å². The second-order valence-corrected chi connectivity index (χ2v) is 5.40. The molecule has 0 aliphatic carbocycles. The van der Waals surface area contributed by atoms with E-state index in [1.165, 1.54) is 18.9 Å². The first-order valence-corrected chi connectivity index (χ1v) is 7.57. The molecule has 2 rings (SSSR count). The summed E-state index contributed by atoms with van der Waals surface area (Å²) in [6, 6.07) is 7.21. The Bertz CT molecular complexity index is 686. The normalized spacial score (nSPS) is 10.2. The van der Waals surface area contributed by atoms with Gasteiger partial charge >= 0.3 is 5.97 Å². The largest absolute Gasteiger partial charge is 0.465 e. The third-order valence-electron chi connectivity index (χ3n) is 3.06. The van der Waals surface area contributed by atoms with Crippen LogP contribution < -0.4 is 0 Å². The zero-order chi connectivity index (χ0) is 15.9. The Morgan fingerprint density at radius 1 is 1.45 bits per heavy atom. The molecule has 0 saturated carbocycles. The fraction of sp³-hybridized carbons (Fsp3) is 0.250. The number of hydrogen-bond donors (Lipinski definition) is 1. The summed E-state index contributed by atoms with van der Waals surface area (Å²) in [5.41, 5.74) is 2.27. The topological polar surface area (TPSA) is 64.3 Å². The summed E-state index contributed by atoms with van der Waals surface area (Å²) < 4.78 is 6.48. The first-order chi connectivity index (χ1) is 10.7. The summed E-state index contributed by atoms with van der Waals surface area (Å²) in [6.45, 7) is 0.280. The van der Waals surface area contributed by atoms with E-state index in [4.69, 9.17) is 6.42 Å². The van der Waals surface area contributed by atoms with Crippen LogP contribution in [0.3, 0.4) is 0 Å². The van der Waals surface area contributed by atoms with E-state index in [1.807, 2.05) is 16.7 Å². The Hall–Kier alpha value is -2.23. The Morgan fingerprint density at radius 2 is 2.18 bits per heavy atom. The van der Waals surface area contributed by atoms with Crippen LogP contribution in [0.1, 0.15) is 21.6 Å². The van der Waals surface area contributed by atoms with Gasteiger partial charge in [-0.1, -0.05) is 29.8 Å². The monoisotopic (exact) mass is 316 g/mol. The highest BCUT2D eigenvalue weighted by molar-refractivity contribution is 7.98. The number of hydrogen-bond acceptors (Lipinski definition) is 5. The van der Waals surface area contributed by atoms with E-state index in [1.54, 1.807) is 18.3 Å². The molecule has 0 atom stereocenters. The molecule has 6 heteroatoms. The van der Waals surface area contributed by atoms with Gasteiger partial charge in [-0.25, -0.2) is 9.78 Å². The first kappa shape index (κ1) is 16.1. The van der Waals surface area contributed by atoms with Crippen molar-refractivity contribution in [3.8, 4) is 12.3 Å². The molecule has 114 valence electrons. The van der Waals surface area contributed by atoms with Crippen molar-refractivity contribution >= 4 is 17.7 Å². The average molecular weight is 316 g/mol. The summed E-state index contributed by atoms with van der Waals surface area (Å²) in [4.78, 5) is 15.6. The van der Waals surface area contributed by atoms with Crippen molar-refractivity contribution in [3.05, 3.63) is 47.3 Å². The second kappa shape index (κ2) is 7.69. The van der Waals surface area contributed by atoms with Crippen molar-refractivity contribution in [2.75, 3.05) is 7.11 Å². The molecule has 5 nitrogen and oxygen atoms in total. The lowest BCUT2D eigenvalue weighted by molar-refractivity contribution is 0.0600. The van der Waals surface area contributed by atoms with E-state index in [9.17, 15) is 9.90 Å². The first-order valence-electron chi connectivity index (χ1n) is 6.58. The third-order valence-corrected chi connectivity index (χ3v) is 4.12. The van der Waals surface area contributed by atoms with Crippen molar-refractivity contribution in [1.82, 2.24) is 9.55 Å². The van der Waals surface area contributed by atoms with Crippen LogP contribution in [0, 0.1) is 12.3 Å². The zero-order valence-electron chi connectivity index (χ0n) is 12.2. The second-order valence-electron chi connectivity index (χ2n) is 4.46. The van der Waals surface area contributed by atoms with Crippen molar-refractivity contribution in [3.63, 3.8) is 0 Å². The van der Waals surface area contributed by atoms with Gasteiger partial charge in [0.2, 0.25) is 0 Å². The summed E-state index contributed by atoms with van der Waals surface area (Å²) >= 11 is 1.53. The molecule has 0 radical (unpaired) electrons. The Balaban J connectivity index is 2.06. The van der Waals surface area contributed by atoms with E-state index in [0.29, 0.717) is 23.6 Å². The standard InChI is InChI=1S/C16H16N2O3S/c1-3-8-18-14(10-19)9-17-16(18)22-11-12-4-6-13(7-5-12)15(20)21-2/h1,4-7,9,19H,8,10-11H2,2H3. The number of rotatable bonds is 6. The van der Waals surface area contributed by atoms with Gasteiger partial charge in [0.25, 0.3) is 0 Å². The molecule has 0 saturated heterocycles. The number of thioether (sulfide) groups is 1. The number of imidazole rings is 1. The fourth-order valence-electron chi connectivity index (χ4n) is 1.90. The number of benzene rings is 1. The van der Waals surface area contributed by atoms with Crippen LogP contribution in [0.2, 0.25) is 0 Å². The van der Waals surface area contributed by atoms with Gasteiger partial charge in [0.15, 0.2) is 5.16 Å². The molecule has 1 aromatic heterocycles. The number of aromatic nitrogens is 2. The lowest BCUT2D eigenvalue weighted by Crippen LogP contribution is -2.03. The van der Waals surface area contributed by atoms with E-state index in [-0.39, 0.29) is 12.6 Å². The zero-order valence-corrected chi connectivity index (χ0v) is 13.0. The lowest BCUT2D eigenvalue weighted by atomic mass is 10.1. The number of aliphatic hydroxyl groups is 1.